The lowest BCUT2D eigenvalue weighted by Crippen LogP contribution is -2.29. The van der Waals surface area contributed by atoms with Gasteiger partial charge in [0.25, 0.3) is 0 Å². The summed E-state index contributed by atoms with van der Waals surface area (Å²) in [6.45, 7) is 0.209. The molecule has 1 aliphatic carbocycles. The monoisotopic (exact) mass is 239 g/mol. The molecule has 1 atom stereocenters. The first-order chi connectivity index (χ1) is 8.16. The van der Waals surface area contributed by atoms with Gasteiger partial charge in [-0.1, -0.05) is 6.07 Å². The van der Waals surface area contributed by atoms with Gasteiger partial charge in [-0.2, -0.15) is 0 Å². The van der Waals surface area contributed by atoms with Gasteiger partial charge in [-0.25, -0.2) is 13.6 Å². The minimum Gasteiger partial charge on any atom is -0.447 e. The summed E-state index contributed by atoms with van der Waals surface area (Å²) in [5.74, 6) is -1.77. The summed E-state index contributed by atoms with van der Waals surface area (Å²) < 4.78 is 31.0. The summed E-state index contributed by atoms with van der Waals surface area (Å²) >= 11 is 0. The number of hydrogen-bond donors (Lipinski definition) is 0. The van der Waals surface area contributed by atoms with Crippen LogP contribution < -0.4 is 0 Å². The maximum absolute atomic E-state index is 13.2. The largest absolute Gasteiger partial charge is 0.447 e. The van der Waals surface area contributed by atoms with E-state index in [0.717, 1.165) is 25.0 Å². The Morgan fingerprint density at radius 3 is 2.65 bits per heavy atom. The number of benzene rings is 1. The SMILES string of the molecule is O=C1OC[C@H](c2ccc(F)c(F)c2)N1C1CC1. The Kier molecular flexibility index (Phi) is 2.28. The molecule has 0 spiro atoms. The zero-order valence-corrected chi connectivity index (χ0v) is 9.03. The third-order valence-electron chi connectivity index (χ3n) is 3.18. The number of carbonyl (C=O) groups is 1. The van der Waals surface area contributed by atoms with Crippen molar-refractivity contribution >= 4 is 6.09 Å². The van der Waals surface area contributed by atoms with Crippen LogP contribution in [0.4, 0.5) is 13.6 Å². The van der Waals surface area contributed by atoms with Crippen LogP contribution in [0.25, 0.3) is 0 Å². The second-order valence-corrected chi connectivity index (χ2v) is 4.40. The Morgan fingerprint density at radius 2 is 2.00 bits per heavy atom. The number of cyclic esters (lactones) is 1. The van der Waals surface area contributed by atoms with E-state index >= 15 is 0 Å². The number of hydrogen-bond acceptors (Lipinski definition) is 2. The number of rotatable bonds is 2. The standard InChI is InChI=1S/C12H11F2NO2/c13-9-4-1-7(5-10(9)14)11-6-17-12(16)15(11)8-2-3-8/h1,4-5,8,11H,2-3,6H2/t11-/m1/s1. The molecule has 1 aromatic rings. The van der Waals surface area contributed by atoms with Gasteiger partial charge in [-0.15, -0.1) is 0 Å². The molecular weight excluding hydrogens is 228 g/mol. The zero-order chi connectivity index (χ0) is 12.0. The summed E-state index contributed by atoms with van der Waals surface area (Å²) in [6, 6.07) is 3.63. The van der Waals surface area contributed by atoms with E-state index in [1.807, 2.05) is 0 Å². The van der Waals surface area contributed by atoms with Crippen molar-refractivity contribution in [3.63, 3.8) is 0 Å². The summed E-state index contributed by atoms with van der Waals surface area (Å²) in [5.41, 5.74) is 0.585. The number of halogens is 2. The predicted octanol–water partition coefficient (Wildman–Crippen LogP) is 2.62. The van der Waals surface area contributed by atoms with Crippen LogP contribution in [0.5, 0.6) is 0 Å². The fourth-order valence-electron chi connectivity index (χ4n) is 2.17. The molecule has 1 saturated heterocycles. The van der Waals surface area contributed by atoms with Crippen LogP contribution in [0.15, 0.2) is 18.2 Å². The molecule has 2 aliphatic rings. The Morgan fingerprint density at radius 1 is 1.24 bits per heavy atom. The molecule has 1 heterocycles. The van der Waals surface area contributed by atoms with Crippen LogP contribution in [0.2, 0.25) is 0 Å². The van der Waals surface area contributed by atoms with E-state index in [4.69, 9.17) is 4.74 Å². The summed E-state index contributed by atoms with van der Waals surface area (Å²) in [5, 5.41) is 0. The molecule has 3 rings (SSSR count). The van der Waals surface area contributed by atoms with E-state index < -0.39 is 11.6 Å². The quantitative estimate of drug-likeness (QED) is 0.794. The van der Waals surface area contributed by atoms with Crippen molar-refractivity contribution in [3.8, 4) is 0 Å². The van der Waals surface area contributed by atoms with Gasteiger partial charge in [0.1, 0.15) is 6.61 Å². The first kappa shape index (κ1) is 10.5. The second-order valence-electron chi connectivity index (χ2n) is 4.40. The molecule has 1 saturated carbocycles. The van der Waals surface area contributed by atoms with Gasteiger partial charge in [0.15, 0.2) is 11.6 Å². The third kappa shape index (κ3) is 1.75. The van der Waals surface area contributed by atoms with Crippen molar-refractivity contribution in [1.82, 2.24) is 4.90 Å². The highest BCUT2D eigenvalue weighted by Crippen LogP contribution is 2.38. The lowest BCUT2D eigenvalue weighted by Gasteiger charge is -2.21. The van der Waals surface area contributed by atoms with Crippen molar-refractivity contribution in [2.75, 3.05) is 6.61 Å². The topological polar surface area (TPSA) is 29.5 Å². The second kappa shape index (κ2) is 3.68. The molecule has 0 unspecified atom stereocenters. The summed E-state index contributed by atoms with van der Waals surface area (Å²) in [4.78, 5) is 13.2. The highest BCUT2D eigenvalue weighted by atomic mass is 19.2. The molecule has 1 aliphatic heterocycles. The highest BCUT2D eigenvalue weighted by Gasteiger charge is 2.43. The summed E-state index contributed by atoms with van der Waals surface area (Å²) in [6.07, 6.45) is 1.55. The van der Waals surface area contributed by atoms with Gasteiger partial charge >= 0.3 is 6.09 Å². The Bertz CT molecular complexity index is 474. The smallest absolute Gasteiger partial charge is 0.410 e. The van der Waals surface area contributed by atoms with Gasteiger partial charge < -0.3 is 4.74 Å². The number of carbonyl (C=O) groups excluding carboxylic acids is 1. The molecule has 2 fully saturated rings. The molecule has 0 aromatic heterocycles. The fraction of sp³-hybridized carbons (Fsp3) is 0.417. The van der Waals surface area contributed by atoms with Crippen molar-refractivity contribution in [3.05, 3.63) is 35.4 Å². The number of ether oxygens (including phenoxy) is 1. The predicted molar refractivity (Wildman–Crippen MR) is 55.3 cm³/mol. The molecular formula is C12H11F2NO2. The fourth-order valence-corrected chi connectivity index (χ4v) is 2.17. The van der Waals surface area contributed by atoms with Crippen LogP contribution in [0.3, 0.4) is 0 Å². The lowest BCUT2D eigenvalue weighted by atomic mass is 10.1. The van der Waals surface area contributed by atoms with Crippen LogP contribution in [0.1, 0.15) is 24.4 Å². The van der Waals surface area contributed by atoms with Crippen LogP contribution >= 0.6 is 0 Å². The molecule has 1 amide bonds. The Hall–Kier alpha value is -1.65. The molecule has 3 nitrogen and oxygen atoms in total. The van der Waals surface area contributed by atoms with Gasteiger partial charge in [0.2, 0.25) is 0 Å². The van der Waals surface area contributed by atoms with Crippen molar-refractivity contribution in [2.45, 2.75) is 24.9 Å². The van der Waals surface area contributed by atoms with Crippen LogP contribution in [-0.2, 0) is 4.74 Å². The molecule has 17 heavy (non-hydrogen) atoms. The van der Waals surface area contributed by atoms with E-state index in [-0.39, 0.29) is 24.8 Å². The minimum atomic E-state index is -0.891. The normalized spacial score (nSPS) is 24.0. The minimum absolute atomic E-state index is 0.197. The van der Waals surface area contributed by atoms with E-state index in [1.165, 1.54) is 6.07 Å². The van der Waals surface area contributed by atoms with Crippen molar-refractivity contribution < 1.29 is 18.3 Å². The molecule has 0 bridgehead atoms. The number of amides is 1. The first-order valence-electron chi connectivity index (χ1n) is 5.57. The van der Waals surface area contributed by atoms with Gasteiger partial charge in [-0.3, -0.25) is 4.90 Å². The first-order valence-corrected chi connectivity index (χ1v) is 5.57. The van der Waals surface area contributed by atoms with E-state index in [0.29, 0.717) is 5.56 Å². The van der Waals surface area contributed by atoms with E-state index in [2.05, 4.69) is 0 Å². The highest BCUT2D eigenvalue weighted by molar-refractivity contribution is 5.71. The van der Waals surface area contributed by atoms with Gasteiger partial charge in [-0.05, 0) is 30.5 Å². The van der Waals surface area contributed by atoms with Crippen molar-refractivity contribution in [1.29, 1.82) is 0 Å². The van der Waals surface area contributed by atoms with Gasteiger partial charge in [0.05, 0.1) is 6.04 Å². The maximum atomic E-state index is 13.2. The average Bonchev–Trinajstić information content (AvgIpc) is 3.06. The molecule has 90 valence electrons. The number of nitrogens with zero attached hydrogens (tertiary/aromatic N) is 1. The van der Waals surface area contributed by atoms with E-state index in [9.17, 15) is 13.6 Å². The van der Waals surface area contributed by atoms with E-state index in [1.54, 1.807) is 4.90 Å². The Balaban J connectivity index is 1.92. The van der Waals surface area contributed by atoms with Crippen LogP contribution in [-0.4, -0.2) is 23.6 Å². The maximum Gasteiger partial charge on any atom is 0.410 e. The van der Waals surface area contributed by atoms with Gasteiger partial charge in [0, 0.05) is 6.04 Å². The zero-order valence-electron chi connectivity index (χ0n) is 9.03. The average molecular weight is 239 g/mol. The Labute approximate surface area is 97.0 Å². The summed E-state index contributed by atoms with van der Waals surface area (Å²) in [7, 11) is 0. The third-order valence-corrected chi connectivity index (χ3v) is 3.18. The van der Waals surface area contributed by atoms with Crippen LogP contribution in [0, 0.1) is 11.6 Å². The molecule has 0 N–H and O–H groups in total. The lowest BCUT2D eigenvalue weighted by molar-refractivity contribution is 0.156. The molecule has 5 heteroatoms. The van der Waals surface area contributed by atoms with Crippen molar-refractivity contribution in [2.24, 2.45) is 0 Å². The molecule has 1 aromatic carbocycles. The molecule has 0 radical (unpaired) electrons.